The van der Waals surface area contributed by atoms with Gasteiger partial charge in [-0.15, -0.1) is 0 Å². The lowest BCUT2D eigenvalue weighted by Crippen LogP contribution is -2.26. The third-order valence-electron chi connectivity index (χ3n) is 4.37. The number of carbonyl (C=O) groups excluding carboxylic acids is 1. The summed E-state index contributed by atoms with van der Waals surface area (Å²) in [4.78, 5) is 39.9. The van der Waals surface area contributed by atoms with Gasteiger partial charge in [0.15, 0.2) is 6.10 Å². The van der Waals surface area contributed by atoms with Gasteiger partial charge in [0.25, 0.3) is 5.56 Å². The van der Waals surface area contributed by atoms with Crippen molar-refractivity contribution in [3.63, 3.8) is 0 Å². The van der Waals surface area contributed by atoms with Crippen LogP contribution in [0.3, 0.4) is 0 Å². The number of esters is 1. The quantitative estimate of drug-likeness (QED) is 0.208. The summed E-state index contributed by atoms with van der Waals surface area (Å²) in [6.45, 7) is 2.97. The first-order valence-corrected chi connectivity index (χ1v) is 10.2. The predicted molar refractivity (Wildman–Crippen MR) is 122 cm³/mol. The van der Waals surface area contributed by atoms with Crippen LogP contribution in [0, 0.1) is 17.0 Å². The maximum Gasteiger partial charge on any atom is 0.346 e. The number of nitro benzene ring substituents is 1. The van der Waals surface area contributed by atoms with E-state index in [-0.39, 0.29) is 16.3 Å². The number of nitro groups is 1. The lowest BCUT2D eigenvalue weighted by atomic mass is 10.2. The summed E-state index contributed by atoms with van der Waals surface area (Å²) in [6.07, 6.45) is 0.0362. The van der Waals surface area contributed by atoms with Crippen molar-refractivity contribution >= 4 is 56.3 Å². The summed E-state index contributed by atoms with van der Waals surface area (Å²) in [6, 6.07) is 7.53. The molecule has 10 nitrogen and oxygen atoms in total. The molecule has 0 saturated carbocycles. The minimum Gasteiger partial charge on any atom is -0.471 e. The normalized spacial score (nSPS) is 12.2. The van der Waals surface area contributed by atoms with Gasteiger partial charge < -0.3 is 9.47 Å². The zero-order chi connectivity index (χ0) is 23.6. The van der Waals surface area contributed by atoms with Crippen LogP contribution in [0.1, 0.15) is 18.3 Å². The number of carbonyl (C=O) groups is 1. The van der Waals surface area contributed by atoms with Gasteiger partial charge in [-0.3, -0.25) is 14.9 Å². The number of nitrogens with zero attached hydrogens (tertiary/aromatic N) is 4. The Hall–Kier alpha value is -3.31. The van der Waals surface area contributed by atoms with Crippen molar-refractivity contribution in [1.29, 1.82) is 0 Å². The predicted octanol–water partition coefficient (Wildman–Crippen LogP) is 3.85. The highest BCUT2D eigenvalue weighted by atomic mass is 79.9. The molecule has 0 N–H and O–H groups in total. The molecular weight excluding hydrogens is 508 g/mol. The number of rotatable bonds is 6. The Morgan fingerprint density at radius 3 is 2.75 bits per heavy atom. The van der Waals surface area contributed by atoms with Crippen LogP contribution in [0.4, 0.5) is 5.69 Å². The van der Waals surface area contributed by atoms with Gasteiger partial charge in [-0.05, 0) is 38.1 Å². The second kappa shape index (κ2) is 9.45. The lowest BCUT2D eigenvalue weighted by molar-refractivity contribution is -0.386. The van der Waals surface area contributed by atoms with Crippen molar-refractivity contribution in [3.05, 3.63) is 71.7 Å². The summed E-state index contributed by atoms with van der Waals surface area (Å²) in [7, 11) is 1.17. The minimum atomic E-state index is -1.14. The first-order valence-electron chi connectivity index (χ1n) is 9.08. The third-order valence-corrected chi connectivity index (χ3v) is 5.08. The Balaban J connectivity index is 2.15. The third kappa shape index (κ3) is 4.78. The van der Waals surface area contributed by atoms with Crippen molar-refractivity contribution in [2.24, 2.45) is 5.10 Å². The van der Waals surface area contributed by atoms with E-state index in [0.717, 1.165) is 10.7 Å². The highest BCUT2D eigenvalue weighted by Gasteiger charge is 2.25. The van der Waals surface area contributed by atoms with E-state index in [1.807, 2.05) is 0 Å². The average Bonchev–Trinajstić information content (AvgIpc) is 2.74. The van der Waals surface area contributed by atoms with Crippen molar-refractivity contribution in [2.75, 3.05) is 7.11 Å². The Kier molecular flexibility index (Phi) is 6.90. The smallest absolute Gasteiger partial charge is 0.346 e. The van der Waals surface area contributed by atoms with Gasteiger partial charge in [0.1, 0.15) is 5.82 Å². The molecule has 1 atom stereocenters. The van der Waals surface area contributed by atoms with Gasteiger partial charge >= 0.3 is 11.7 Å². The number of ether oxygens (including phenoxy) is 2. The van der Waals surface area contributed by atoms with E-state index in [2.05, 4.69) is 30.8 Å². The fraction of sp³-hybridized carbons (Fsp3) is 0.200. The number of halogens is 2. The number of aryl methyl sites for hydroxylation is 1. The zero-order valence-electron chi connectivity index (χ0n) is 17.0. The molecule has 0 aliphatic rings. The number of aromatic nitrogens is 2. The lowest BCUT2D eigenvalue weighted by Gasteiger charge is -2.14. The molecule has 12 heteroatoms. The standard InChI is InChI=1S/C20H16BrClN4O6/c1-10(20(28)31-3)32-18-12(6-14(22)8-17(18)26(29)30)9-23-25-11(2)24-16-5-4-13(21)7-15(16)19(25)27/h4-10H,1-3H3/t10-/m1/s1. The van der Waals surface area contributed by atoms with Gasteiger partial charge in [0.05, 0.1) is 29.2 Å². The maximum atomic E-state index is 12.9. The second-order valence-corrected chi connectivity index (χ2v) is 7.92. The first kappa shape index (κ1) is 23.4. The van der Waals surface area contributed by atoms with Gasteiger partial charge in [0.2, 0.25) is 5.75 Å². The number of benzene rings is 2. The Labute approximate surface area is 194 Å². The van der Waals surface area contributed by atoms with E-state index < -0.39 is 28.2 Å². The zero-order valence-corrected chi connectivity index (χ0v) is 19.4. The number of hydrogen-bond donors (Lipinski definition) is 0. The Bertz CT molecular complexity index is 1320. The summed E-state index contributed by atoms with van der Waals surface area (Å²) in [5.74, 6) is -0.681. The minimum absolute atomic E-state index is 0.0425. The molecule has 0 amide bonds. The molecule has 3 aromatic rings. The molecule has 1 aromatic heterocycles. The van der Waals surface area contributed by atoms with E-state index in [4.69, 9.17) is 16.3 Å². The molecular formula is C20H16BrClN4O6. The Morgan fingerprint density at radius 1 is 1.38 bits per heavy atom. The van der Waals surface area contributed by atoms with Crippen LogP contribution in [0.5, 0.6) is 5.75 Å². The number of hydrogen-bond acceptors (Lipinski definition) is 8. The molecule has 3 rings (SSSR count). The fourth-order valence-electron chi connectivity index (χ4n) is 2.87. The monoisotopic (exact) mass is 522 g/mol. The van der Waals surface area contributed by atoms with Crippen LogP contribution in [0.15, 0.2) is 44.7 Å². The molecule has 2 aromatic carbocycles. The fourth-order valence-corrected chi connectivity index (χ4v) is 3.45. The Morgan fingerprint density at radius 2 is 2.09 bits per heavy atom. The van der Waals surface area contributed by atoms with Crippen LogP contribution in [0.2, 0.25) is 5.02 Å². The highest BCUT2D eigenvalue weighted by molar-refractivity contribution is 9.10. The van der Waals surface area contributed by atoms with E-state index in [0.29, 0.717) is 21.2 Å². The molecule has 0 fully saturated rings. The molecule has 0 spiro atoms. The molecule has 0 aliphatic carbocycles. The molecule has 166 valence electrons. The van der Waals surface area contributed by atoms with Crippen molar-refractivity contribution in [2.45, 2.75) is 20.0 Å². The van der Waals surface area contributed by atoms with Crippen molar-refractivity contribution in [3.8, 4) is 5.75 Å². The van der Waals surface area contributed by atoms with Gasteiger partial charge in [-0.25, -0.2) is 9.78 Å². The molecule has 0 saturated heterocycles. The molecule has 1 heterocycles. The van der Waals surface area contributed by atoms with Crippen molar-refractivity contribution in [1.82, 2.24) is 9.66 Å². The summed E-state index contributed by atoms with van der Waals surface area (Å²) in [5, 5.41) is 16.1. The average molecular weight is 524 g/mol. The number of fused-ring (bicyclic) bond motifs is 1. The van der Waals surface area contributed by atoms with Crippen LogP contribution >= 0.6 is 27.5 Å². The largest absolute Gasteiger partial charge is 0.471 e. The highest BCUT2D eigenvalue weighted by Crippen LogP contribution is 2.34. The molecule has 0 aliphatic heterocycles. The van der Waals surface area contributed by atoms with Crippen LogP contribution < -0.4 is 10.3 Å². The van der Waals surface area contributed by atoms with E-state index >= 15 is 0 Å². The molecule has 0 unspecified atom stereocenters. The SMILES string of the molecule is COC(=O)[C@@H](C)Oc1c(C=Nn2c(C)nc3ccc(Br)cc3c2=O)cc(Cl)cc1[N+](=O)[O-]. The van der Waals surface area contributed by atoms with Gasteiger partial charge in [-0.1, -0.05) is 27.5 Å². The van der Waals surface area contributed by atoms with Crippen LogP contribution in [-0.2, 0) is 9.53 Å². The first-order chi connectivity index (χ1) is 15.1. The molecule has 0 bridgehead atoms. The maximum absolute atomic E-state index is 12.9. The second-order valence-electron chi connectivity index (χ2n) is 6.57. The van der Waals surface area contributed by atoms with E-state index in [1.54, 1.807) is 25.1 Å². The van der Waals surface area contributed by atoms with E-state index in [9.17, 15) is 19.7 Å². The number of methoxy groups -OCH3 is 1. The topological polar surface area (TPSA) is 126 Å². The summed E-state index contributed by atoms with van der Waals surface area (Å²) < 4.78 is 11.9. The van der Waals surface area contributed by atoms with E-state index in [1.165, 1.54) is 26.3 Å². The van der Waals surface area contributed by atoms with Crippen LogP contribution in [0.25, 0.3) is 10.9 Å². The molecule has 0 radical (unpaired) electrons. The summed E-state index contributed by atoms with van der Waals surface area (Å²) in [5.41, 5.74) is -0.330. The summed E-state index contributed by atoms with van der Waals surface area (Å²) >= 11 is 9.35. The van der Waals surface area contributed by atoms with Gasteiger partial charge in [-0.2, -0.15) is 9.78 Å². The van der Waals surface area contributed by atoms with Crippen molar-refractivity contribution < 1.29 is 19.2 Å². The molecule has 32 heavy (non-hydrogen) atoms. The van der Waals surface area contributed by atoms with Gasteiger partial charge in [0, 0.05) is 21.1 Å². The van der Waals surface area contributed by atoms with Crippen LogP contribution in [-0.4, -0.2) is 40.0 Å².